The first-order chi connectivity index (χ1) is 15.0. The average Bonchev–Trinajstić information content (AvgIpc) is 2.78. The Morgan fingerprint density at radius 2 is 1.74 bits per heavy atom. The van der Waals surface area contributed by atoms with E-state index in [1.165, 1.54) is 31.4 Å². The summed E-state index contributed by atoms with van der Waals surface area (Å²) in [5, 5.41) is 3.45. The molecule has 2 heterocycles. The topological polar surface area (TPSA) is 129 Å². The molecule has 4 rings (SSSR count). The lowest BCUT2D eigenvalue weighted by Crippen LogP contribution is -2.24. The van der Waals surface area contributed by atoms with Crippen molar-refractivity contribution < 1.29 is 13.0 Å². The molecule has 0 atom stereocenters. The van der Waals surface area contributed by atoms with Gasteiger partial charge in [0.25, 0.3) is 10.1 Å². The number of hydrogen-bond donors (Lipinski definition) is 4. The van der Waals surface area contributed by atoms with E-state index in [-0.39, 0.29) is 4.90 Å². The van der Waals surface area contributed by atoms with E-state index < -0.39 is 10.1 Å². The first-order valence-corrected chi connectivity index (χ1v) is 11.6. The quantitative estimate of drug-likeness (QED) is 0.318. The van der Waals surface area contributed by atoms with Crippen LogP contribution >= 0.6 is 0 Å². The Morgan fingerprint density at radius 3 is 2.42 bits per heavy atom. The third kappa shape index (κ3) is 5.68. The van der Waals surface area contributed by atoms with Crippen LogP contribution in [0.3, 0.4) is 0 Å². The molecule has 31 heavy (non-hydrogen) atoms. The summed E-state index contributed by atoms with van der Waals surface area (Å²) in [6, 6.07) is 11.7. The maximum Gasteiger partial charge on any atom is 0.294 e. The van der Waals surface area contributed by atoms with Gasteiger partial charge in [0.1, 0.15) is 0 Å². The second kappa shape index (κ2) is 9.27. The summed E-state index contributed by atoms with van der Waals surface area (Å²) in [5.74, 6) is 1.09. The molecule has 1 aliphatic carbocycles. The maximum absolute atomic E-state index is 11.2. The van der Waals surface area contributed by atoms with Gasteiger partial charge < -0.3 is 5.32 Å². The summed E-state index contributed by atoms with van der Waals surface area (Å²) in [6.07, 6.45) is 9.32. The van der Waals surface area contributed by atoms with Gasteiger partial charge in [-0.25, -0.2) is 4.98 Å². The second-order valence-electron chi connectivity index (χ2n) is 7.43. The largest absolute Gasteiger partial charge is 0.351 e. The minimum atomic E-state index is -4.23. The van der Waals surface area contributed by atoms with E-state index in [9.17, 15) is 8.42 Å². The number of nitrogens with one attached hydrogen (secondary N) is 3. The lowest BCUT2D eigenvalue weighted by molar-refractivity contribution is 0.461. The molecule has 1 aliphatic rings. The van der Waals surface area contributed by atoms with Gasteiger partial charge in [-0.15, -0.1) is 0 Å². The van der Waals surface area contributed by atoms with Crippen LogP contribution in [-0.4, -0.2) is 34.0 Å². The van der Waals surface area contributed by atoms with E-state index in [1.807, 2.05) is 18.2 Å². The molecule has 0 bridgehead atoms. The summed E-state index contributed by atoms with van der Waals surface area (Å²) in [5.41, 5.74) is 8.23. The molecule has 0 radical (unpaired) electrons. The summed E-state index contributed by atoms with van der Waals surface area (Å²) >= 11 is 0. The molecule has 2 aromatic heterocycles. The van der Waals surface area contributed by atoms with E-state index in [0.717, 1.165) is 24.1 Å². The van der Waals surface area contributed by atoms with Gasteiger partial charge in [0.15, 0.2) is 5.82 Å². The second-order valence-corrected chi connectivity index (χ2v) is 8.85. The molecule has 0 amide bonds. The number of hydrazine groups is 1. The monoisotopic (exact) mass is 440 g/mol. The molecule has 0 unspecified atom stereocenters. The standard InChI is InChI=1S/C21H24N6O3S/c28-31(29,30)18-10-8-17(9-11-18)26-27-20-13-19(15-5-4-12-22-14-15)24-21(25-20)23-16-6-2-1-3-7-16/h4-5,8-14,16,26H,1-3,6-7H2,(H,28,29,30)(H2,23,24,25,27). The first kappa shape index (κ1) is 21.0. The van der Waals surface area contributed by atoms with Gasteiger partial charge in [0, 0.05) is 30.1 Å². The Hall–Kier alpha value is -3.24. The zero-order chi connectivity index (χ0) is 21.7. The van der Waals surface area contributed by atoms with Crippen molar-refractivity contribution in [1.29, 1.82) is 0 Å². The highest BCUT2D eigenvalue weighted by Gasteiger charge is 2.16. The summed E-state index contributed by atoms with van der Waals surface area (Å²) in [4.78, 5) is 13.2. The van der Waals surface area contributed by atoms with Crippen LogP contribution < -0.4 is 16.2 Å². The number of rotatable bonds is 7. The summed E-state index contributed by atoms with van der Waals surface area (Å²) < 4.78 is 31.5. The SMILES string of the molecule is O=S(=O)(O)c1ccc(NNc2cc(-c3cccnc3)nc(NC3CCCCC3)n2)cc1. The van der Waals surface area contributed by atoms with Crippen LogP contribution in [0.25, 0.3) is 11.3 Å². The van der Waals surface area contributed by atoms with E-state index in [0.29, 0.717) is 23.5 Å². The van der Waals surface area contributed by atoms with Gasteiger partial charge in [0.05, 0.1) is 16.3 Å². The molecule has 1 fully saturated rings. The van der Waals surface area contributed by atoms with Gasteiger partial charge in [-0.2, -0.15) is 13.4 Å². The highest BCUT2D eigenvalue weighted by molar-refractivity contribution is 7.85. The van der Waals surface area contributed by atoms with Crippen LogP contribution in [-0.2, 0) is 10.1 Å². The van der Waals surface area contributed by atoms with Gasteiger partial charge in [-0.3, -0.25) is 20.4 Å². The zero-order valence-electron chi connectivity index (χ0n) is 16.8. The fourth-order valence-electron chi connectivity index (χ4n) is 3.51. The highest BCUT2D eigenvalue weighted by atomic mass is 32.2. The summed E-state index contributed by atoms with van der Waals surface area (Å²) in [7, 11) is -4.23. The Morgan fingerprint density at radius 1 is 0.968 bits per heavy atom. The Kier molecular flexibility index (Phi) is 6.28. The van der Waals surface area contributed by atoms with Crippen molar-refractivity contribution in [3.8, 4) is 11.3 Å². The number of anilines is 3. The lowest BCUT2D eigenvalue weighted by Gasteiger charge is -2.23. The molecule has 0 saturated heterocycles. The average molecular weight is 441 g/mol. The lowest BCUT2D eigenvalue weighted by atomic mass is 9.96. The number of nitrogens with zero attached hydrogens (tertiary/aromatic N) is 3. The van der Waals surface area contributed by atoms with Crippen LogP contribution in [0.5, 0.6) is 0 Å². The molecule has 9 nitrogen and oxygen atoms in total. The minimum Gasteiger partial charge on any atom is -0.351 e. The fraction of sp³-hybridized carbons (Fsp3) is 0.286. The van der Waals surface area contributed by atoms with Gasteiger partial charge in [-0.1, -0.05) is 19.3 Å². The predicted octanol–water partition coefficient (Wildman–Crippen LogP) is 3.97. The van der Waals surface area contributed by atoms with Crippen molar-refractivity contribution in [2.75, 3.05) is 16.2 Å². The van der Waals surface area contributed by atoms with E-state index >= 15 is 0 Å². The zero-order valence-corrected chi connectivity index (χ0v) is 17.6. The maximum atomic E-state index is 11.2. The first-order valence-electron chi connectivity index (χ1n) is 10.1. The fourth-order valence-corrected chi connectivity index (χ4v) is 3.99. The Labute approximate surface area is 181 Å². The van der Waals surface area contributed by atoms with Crippen LogP contribution in [0.15, 0.2) is 59.8 Å². The molecule has 162 valence electrons. The van der Waals surface area contributed by atoms with Crippen molar-refractivity contribution in [1.82, 2.24) is 15.0 Å². The van der Waals surface area contributed by atoms with E-state index in [1.54, 1.807) is 24.5 Å². The third-order valence-corrected chi connectivity index (χ3v) is 5.98. The molecule has 1 saturated carbocycles. The Balaban J connectivity index is 1.54. The number of aromatic nitrogens is 3. The van der Waals surface area contributed by atoms with Crippen LogP contribution in [0, 0.1) is 0 Å². The van der Waals surface area contributed by atoms with Crippen molar-refractivity contribution >= 4 is 27.6 Å². The molecule has 3 aromatic rings. The van der Waals surface area contributed by atoms with Gasteiger partial charge in [-0.05, 0) is 49.2 Å². The van der Waals surface area contributed by atoms with Crippen molar-refractivity contribution in [3.63, 3.8) is 0 Å². The molecule has 1 aromatic carbocycles. The Bertz CT molecular complexity index is 1120. The number of pyridine rings is 1. The summed E-state index contributed by atoms with van der Waals surface area (Å²) in [6.45, 7) is 0. The van der Waals surface area contributed by atoms with Gasteiger partial charge >= 0.3 is 0 Å². The molecular formula is C21H24N6O3S. The van der Waals surface area contributed by atoms with Crippen LogP contribution in [0.2, 0.25) is 0 Å². The smallest absolute Gasteiger partial charge is 0.294 e. The molecular weight excluding hydrogens is 416 g/mol. The molecule has 10 heteroatoms. The van der Waals surface area contributed by atoms with Gasteiger partial charge in [0.2, 0.25) is 5.95 Å². The van der Waals surface area contributed by atoms with E-state index in [2.05, 4.69) is 31.1 Å². The molecule has 4 N–H and O–H groups in total. The van der Waals surface area contributed by atoms with Crippen molar-refractivity contribution in [2.24, 2.45) is 0 Å². The highest BCUT2D eigenvalue weighted by Crippen LogP contribution is 2.24. The third-order valence-electron chi connectivity index (χ3n) is 5.11. The molecule has 0 spiro atoms. The predicted molar refractivity (Wildman–Crippen MR) is 119 cm³/mol. The van der Waals surface area contributed by atoms with Crippen molar-refractivity contribution in [3.05, 3.63) is 54.9 Å². The van der Waals surface area contributed by atoms with E-state index in [4.69, 9.17) is 4.55 Å². The minimum absolute atomic E-state index is 0.169. The number of hydrogen-bond acceptors (Lipinski definition) is 8. The number of benzene rings is 1. The van der Waals surface area contributed by atoms with Crippen LogP contribution in [0.4, 0.5) is 17.5 Å². The van der Waals surface area contributed by atoms with Crippen LogP contribution in [0.1, 0.15) is 32.1 Å². The molecule has 0 aliphatic heterocycles. The normalized spacial score (nSPS) is 14.7. The van der Waals surface area contributed by atoms with Crippen molar-refractivity contribution in [2.45, 2.75) is 43.0 Å².